The van der Waals surface area contributed by atoms with Crippen molar-refractivity contribution in [1.29, 1.82) is 0 Å². The van der Waals surface area contributed by atoms with E-state index in [4.69, 9.17) is 14.6 Å². The van der Waals surface area contributed by atoms with Crippen LogP contribution in [0.3, 0.4) is 0 Å². The van der Waals surface area contributed by atoms with E-state index in [0.717, 1.165) is 30.3 Å². The Balaban J connectivity index is 0.000000232. The number of phenols is 1. The van der Waals surface area contributed by atoms with Crippen molar-refractivity contribution < 1.29 is 33.6 Å². The highest BCUT2D eigenvalue weighted by molar-refractivity contribution is 9.10. The predicted octanol–water partition coefficient (Wildman–Crippen LogP) is 5.08. The summed E-state index contributed by atoms with van der Waals surface area (Å²) in [5, 5.41) is 9.10. The summed E-state index contributed by atoms with van der Waals surface area (Å²) in [4.78, 5) is 22.3. The second-order valence-electron chi connectivity index (χ2n) is 6.21. The van der Waals surface area contributed by atoms with Gasteiger partial charge in [-0.2, -0.15) is 0 Å². The third-order valence-corrected chi connectivity index (χ3v) is 5.37. The zero-order chi connectivity index (χ0) is 22.1. The first kappa shape index (κ1) is 24.2. The standard InChI is InChI=1S/C13H15BrO4.C8H7BrO3/c1-16-13(15)9-5-6-11(10(14)8-9)18-12-4-2-3-7-17-12;1-12-8(11)5-2-3-7(10)6(9)4-5/h5-6,8,12H,2-4,7H2,1H3;2-4,10H,1H3. The molecule has 1 heterocycles. The Labute approximate surface area is 191 Å². The van der Waals surface area contributed by atoms with E-state index < -0.39 is 5.97 Å². The van der Waals surface area contributed by atoms with Crippen molar-refractivity contribution in [2.45, 2.75) is 25.6 Å². The van der Waals surface area contributed by atoms with Crippen LogP contribution in [0.2, 0.25) is 0 Å². The van der Waals surface area contributed by atoms with Crippen LogP contribution in [0.15, 0.2) is 45.3 Å². The molecule has 1 saturated heterocycles. The molecule has 9 heteroatoms. The Hall–Kier alpha value is -2.10. The van der Waals surface area contributed by atoms with Crippen molar-refractivity contribution in [3.05, 3.63) is 56.5 Å². The van der Waals surface area contributed by atoms with Crippen LogP contribution in [-0.4, -0.2) is 44.2 Å². The third kappa shape index (κ3) is 7.00. The molecule has 1 N–H and O–H groups in total. The number of carbonyl (C=O) groups excluding carboxylic acids is 2. The molecule has 30 heavy (non-hydrogen) atoms. The molecule has 0 aromatic heterocycles. The molecule has 0 bridgehead atoms. The maximum Gasteiger partial charge on any atom is 0.337 e. The molecule has 1 atom stereocenters. The number of methoxy groups -OCH3 is 2. The molecule has 1 aliphatic heterocycles. The highest BCUT2D eigenvalue weighted by Crippen LogP contribution is 2.29. The van der Waals surface area contributed by atoms with Crippen molar-refractivity contribution in [3.8, 4) is 11.5 Å². The third-order valence-electron chi connectivity index (χ3n) is 4.12. The van der Waals surface area contributed by atoms with Crippen molar-refractivity contribution in [3.63, 3.8) is 0 Å². The van der Waals surface area contributed by atoms with Gasteiger partial charge < -0.3 is 24.1 Å². The number of benzene rings is 2. The number of esters is 2. The number of halogens is 2. The van der Waals surface area contributed by atoms with Gasteiger partial charge in [0.05, 0.1) is 40.9 Å². The maximum absolute atomic E-state index is 11.4. The lowest BCUT2D eigenvalue weighted by molar-refractivity contribution is -0.106. The summed E-state index contributed by atoms with van der Waals surface area (Å²) in [6, 6.07) is 9.52. The fraction of sp³-hybridized carbons (Fsp3) is 0.333. The van der Waals surface area contributed by atoms with E-state index in [0.29, 0.717) is 21.3 Å². The number of aromatic hydroxyl groups is 1. The van der Waals surface area contributed by atoms with E-state index in [1.165, 1.54) is 32.4 Å². The average Bonchev–Trinajstić information content (AvgIpc) is 2.77. The first-order chi connectivity index (χ1) is 14.3. The number of phenolic OH excluding ortho intramolecular Hbond substituents is 1. The second kappa shape index (κ2) is 11.9. The molecule has 0 radical (unpaired) electrons. The van der Waals surface area contributed by atoms with Gasteiger partial charge in [0.25, 0.3) is 0 Å². The van der Waals surface area contributed by atoms with Crippen LogP contribution in [0.1, 0.15) is 40.0 Å². The molecule has 0 saturated carbocycles. The maximum atomic E-state index is 11.4. The van der Waals surface area contributed by atoms with Crippen LogP contribution in [0.25, 0.3) is 0 Å². The van der Waals surface area contributed by atoms with Gasteiger partial charge in [-0.25, -0.2) is 9.59 Å². The first-order valence-electron chi connectivity index (χ1n) is 9.08. The van der Waals surface area contributed by atoms with Crippen LogP contribution >= 0.6 is 31.9 Å². The smallest absolute Gasteiger partial charge is 0.337 e. The summed E-state index contributed by atoms with van der Waals surface area (Å²) in [6.45, 7) is 0.739. The molecular weight excluding hydrogens is 524 g/mol. The minimum Gasteiger partial charge on any atom is -0.507 e. The van der Waals surface area contributed by atoms with Crippen LogP contribution in [-0.2, 0) is 14.2 Å². The minimum absolute atomic E-state index is 0.0997. The normalized spacial score (nSPS) is 15.4. The lowest BCUT2D eigenvalue weighted by atomic mass is 10.2. The van der Waals surface area contributed by atoms with E-state index >= 15 is 0 Å². The number of rotatable bonds is 4. The number of hydrogen-bond donors (Lipinski definition) is 1. The summed E-state index contributed by atoms with van der Waals surface area (Å²) in [7, 11) is 2.67. The van der Waals surface area contributed by atoms with Crippen molar-refractivity contribution in [2.24, 2.45) is 0 Å². The van der Waals surface area contributed by atoms with Crippen molar-refractivity contribution in [1.82, 2.24) is 0 Å². The molecule has 7 nitrogen and oxygen atoms in total. The molecule has 1 fully saturated rings. The Morgan fingerprint density at radius 1 is 0.967 bits per heavy atom. The molecule has 162 valence electrons. The molecule has 0 amide bonds. The highest BCUT2D eigenvalue weighted by atomic mass is 79.9. The van der Waals surface area contributed by atoms with Gasteiger partial charge in [0.15, 0.2) is 6.29 Å². The van der Waals surface area contributed by atoms with Crippen molar-refractivity contribution >= 4 is 43.8 Å². The summed E-state index contributed by atoms with van der Waals surface area (Å²) in [6.07, 6.45) is 2.90. The fourth-order valence-corrected chi connectivity index (χ4v) is 3.39. The average molecular weight is 546 g/mol. The van der Waals surface area contributed by atoms with E-state index in [9.17, 15) is 9.59 Å². The van der Waals surface area contributed by atoms with Gasteiger partial charge in [-0.15, -0.1) is 0 Å². The highest BCUT2D eigenvalue weighted by Gasteiger charge is 2.17. The molecular formula is C21H22Br2O7. The number of ether oxygens (including phenoxy) is 4. The van der Waals surface area contributed by atoms with Gasteiger partial charge in [-0.1, -0.05) is 0 Å². The summed E-state index contributed by atoms with van der Waals surface area (Å²) in [5.74, 6) is -0.0101. The largest absolute Gasteiger partial charge is 0.507 e. The van der Waals surface area contributed by atoms with Gasteiger partial charge in [-0.05, 0) is 81.1 Å². The zero-order valence-electron chi connectivity index (χ0n) is 16.5. The van der Waals surface area contributed by atoms with Gasteiger partial charge in [-0.3, -0.25) is 0 Å². The lowest BCUT2D eigenvalue weighted by Gasteiger charge is -2.24. The molecule has 2 aromatic carbocycles. The zero-order valence-corrected chi connectivity index (χ0v) is 19.7. The molecule has 1 unspecified atom stereocenters. The van der Waals surface area contributed by atoms with Crippen LogP contribution < -0.4 is 4.74 Å². The van der Waals surface area contributed by atoms with Gasteiger partial charge in [0, 0.05) is 6.42 Å². The number of hydrogen-bond acceptors (Lipinski definition) is 7. The summed E-state index contributed by atoms with van der Waals surface area (Å²) in [5.41, 5.74) is 0.892. The molecule has 3 rings (SSSR count). The summed E-state index contributed by atoms with van der Waals surface area (Å²) < 4.78 is 21.6. The quantitative estimate of drug-likeness (QED) is 0.535. The predicted molar refractivity (Wildman–Crippen MR) is 117 cm³/mol. The first-order valence-corrected chi connectivity index (χ1v) is 10.7. The molecule has 1 aliphatic rings. The number of carbonyl (C=O) groups is 2. The van der Waals surface area contributed by atoms with Gasteiger partial charge in [0.2, 0.25) is 0 Å². The Morgan fingerprint density at radius 3 is 2.07 bits per heavy atom. The minimum atomic E-state index is -0.421. The van der Waals surface area contributed by atoms with E-state index in [1.54, 1.807) is 18.2 Å². The Kier molecular flexibility index (Phi) is 9.61. The molecule has 2 aromatic rings. The monoisotopic (exact) mass is 544 g/mol. The SMILES string of the molecule is COC(=O)c1ccc(O)c(Br)c1.COC(=O)c1ccc(OC2CCCCO2)c(Br)c1. The summed E-state index contributed by atoms with van der Waals surface area (Å²) >= 11 is 6.47. The fourth-order valence-electron chi connectivity index (χ4n) is 2.54. The van der Waals surface area contributed by atoms with Crippen LogP contribution in [0.5, 0.6) is 11.5 Å². The van der Waals surface area contributed by atoms with Gasteiger partial charge >= 0.3 is 11.9 Å². The van der Waals surface area contributed by atoms with Crippen LogP contribution in [0.4, 0.5) is 0 Å². The lowest BCUT2D eigenvalue weighted by Crippen LogP contribution is -2.25. The Morgan fingerprint density at radius 2 is 1.57 bits per heavy atom. The van der Waals surface area contributed by atoms with Gasteiger partial charge in [0.1, 0.15) is 11.5 Å². The topological polar surface area (TPSA) is 91.3 Å². The Bertz CT molecular complexity index is 880. The molecule has 0 aliphatic carbocycles. The molecule has 0 spiro atoms. The van der Waals surface area contributed by atoms with Crippen molar-refractivity contribution in [2.75, 3.05) is 20.8 Å². The van der Waals surface area contributed by atoms with E-state index in [1.807, 2.05) is 0 Å². The van der Waals surface area contributed by atoms with E-state index in [-0.39, 0.29) is 18.0 Å². The second-order valence-corrected chi connectivity index (χ2v) is 7.92. The van der Waals surface area contributed by atoms with E-state index in [2.05, 4.69) is 41.3 Å². The van der Waals surface area contributed by atoms with Crippen LogP contribution in [0, 0.1) is 0 Å².